The van der Waals surface area contributed by atoms with E-state index in [1.165, 1.54) is 0 Å². The minimum absolute atomic E-state index is 0.0445. The van der Waals surface area contributed by atoms with Gasteiger partial charge in [-0.3, -0.25) is 4.79 Å². The van der Waals surface area contributed by atoms with Gasteiger partial charge in [-0.25, -0.2) is 0 Å². The highest BCUT2D eigenvalue weighted by Crippen LogP contribution is 1.93. The molecule has 0 atom stereocenters. The van der Waals surface area contributed by atoms with E-state index in [1.807, 2.05) is 13.8 Å². The number of carbonyl (C=O) groups excluding carboxylic acids is 1. The Morgan fingerprint density at radius 2 is 2.25 bits per heavy atom. The summed E-state index contributed by atoms with van der Waals surface area (Å²) in [5.74, 6) is -0.214. The molecule has 0 amide bonds. The Bertz CT molecular complexity index is 141. The van der Waals surface area contributed by atoms with Gasteiger partial charge in [-0.2, -0.15) is 0 Å². The molecule has 0 aromatic carbocycles. The Morgan fingerprint density at radius 1 is 1.58 bits per heavy atom. The first-order chi connectivity index (χ1) is 5.66. The van der Waals surface area contributed by atoms with E-state index in [4.69, 9.17) is 9.47 Å². The number of esters is 1. The molecule has 0 aromatic rings. The smallest absolute Gasteiger partial charge is 0.308 e. The number of rotatable bonds is 6. The summed E-state index contributed by atoms with van der Waals surface area (Å²) in [5, 5.41) is 0. The van der Waals surface area contributed by atoms with Crippen LogP contribution in [0.25, 0.3) is 0 Å². The van der Waals surface area contributed by atoms with Crippen LogP contribution in [0, 0.1) is 0 Å². The minimum Gasteiger partial charge on any atom is -0.463 e. The Kier molecular flexibility index (Phi) is 6.38. The molecule has 0 radical (unpaired) electrons. The lowest BCUT2D eigenvalue weighted by Crippen LogP contribution is -2.13. The standard InChI is InChI=1S/C9H16O3/c1-4-6-11-7-5-9(10)12-8(2)3/h4,8H,1,5-7H2,2-3H3. The lowest BCUT2D eigenvalue weighted by molar-refractivity contribution is -0.148. The Morgan fingerprint density at radius 3 is 2.75 bits per heavy atom. The van der Waals surface area contributed by atoms with Gasteiger partial charge in [-0.05, 0) is 13.8 Å². The van der Waals surface area contributed by atoms with E-state index in [9.17, 15) is 4.79 Å². The van der Waals surface area contributed by atoms with Crippen LogP contribution in [0.1, 0.15) is 20.3 Å². The van der Waals surface area contributed by atoms with Crippen LogP contribution in [-0.2, 0) is 14.3 Å². The molecule has 12 heavy (non-hydrogen) atoms. The molecular weight excluding hydrogens is 156 g/mol. The molecule has 0 spiro atoms. The van der Waals surface area contributed by atoms with Gasteiger partial charge in [0.2, 0.25) is 0 Å². The maximum atomic E-state index is 10.9. The van der Waals surface area contributed by atoms with Gasteiger partial charge >= 0.3 is 5.97 Å². The SMILES string of the molecule is C=CCOCCC(=O)OC(C)C. The second-order valence-electron chi connectivity index (χ2n) is 2.65. The predicted molar refractivity (Wildman–Crippen MR) is 46.9 cm³/mol. The van der Waals surface area contributed by atoms with E-state index in [2.05, 4.69) is 6.58 Å². The lowest BCUT2D eigenvalue weighted by Gasteiger charge is -2.07. The summed E-state index contributed by atoms with van der Waals surface area (Å²) < 4.78 is 9.90. The molecule has 0 aromatic heterocycles. The topological polar surface area (TPSA) is 35.5 Å². The van der Waals surface area contributed by atoms with Gasteiger partial charge in [0.15, 0.2) is 0 Å². The van der Waals surface area contributed by atoms with Crippen molar-refractivity contribution in [2.45, 2.75) is 26.4 Å². The number of carbonyl (C=O) groups is 1. The Hall–Kier alpha value is -0.830. The average molecular weight is 172 g/mol. The second kappa shape index (κ2) is 6.85. The zero-order chi connectivity index (χ0) is 9.40. The van der Waals surface area contributed by atoms with Crippen molar-refractivity contribution in [2.75, 3.05) is 13.2 Å². The quantitative estimate of drug-likeness (QED) is 0.346. The molecule has 0 bridgehead atoms. The van der Waals surface area contributed by atoms with Crippen molar-refractivity contribution in [2.24, 2.45) is 0 Å². The highest BCUT2D eigenvalue weighted by Gasteiger charge is 2.03. The molecule has 70 valence electrons. The molecule has 3 nitrogen and oxygen atoms in total. The number of hydrogen-bond donors (Lipinski definition) is 0. The van der Waals surface area contributed by atoms with Crippen LogP contribution >= 0.6 is 0 Å². The molecule has 0 N–H and O–H groups in total. The fourth-order valence-corrected chi connectivity index (χ4v) is 0.644. The molecule has 0 aliphatic heterocycles. The third kappa shape index (κ3) is 7.28. The van der Waals surface area contributed by atoms with Crippen LogP contribution in [0.5, 0.6) is 0 Å². The summed E-state index contributed by atoms with van der Waals surface area (Å²) in [6.45, 7) is 8.01. The highest BCUT2D eigenvalue weighted by molar-refractivity contribution is 5.69. The average Bonchev–Trinajstić information content (AvgIpc) is 1.97. The van der Waals surface area contributed by atoms with Gasteiger partial charge in [-0.1, -0.05) is 6.08 Å². The van der Waals surface area contributed by atoms with Gasteiger partial charge in [-0.15, -0.1) is 6.58 Å². The first-order valence-corrected chi connectivity index (χ1v) is 4.05. The molecule has 0 aliphatic carbocycles. The molecule has 0 fully saturated rings. The minimum atomic E-state index is -0.214. The van der Waals surface area contributed by atoms with Crippen molar-refractivity contribution >= 4 is 5.97 Å². The van der Waals surface area contributed by atoms with E-state index in [-0.39, 0.29) is 12.1 Å². The first-order valence-electron chi connectivity index (χ1n) is 4.05. The van der Waals surface area contributed by atoms with Crippen LogP contribution in [-0.4, -0.2) is 25.3 Å². The van der Waals surface area contributed by atoms with Crippen molar-refractivity contribution in [1.82, 2.24) is 0 Å². The van der Waals surface area contributed by atoms with Gasteiger partial charge in [0.25, 0.3) is 0 Å². The summed E-state index contributed by atoms with van der Waals surface area (Å²) >= 11 is 0. The predicted octanol–water partition coefficient (Wildman–Crippen LogP) is 1.53. The largest absolute Gasteiger partial charge is 0.463 e. The zero-order valence-electron chi connectivity index (χ0n) is 7.71. The van der Waals surface area contributed by atoms with Crippen molar-refractivity contribution in [3.63, 3.8) is 0 Å². The molecule has 3 heteroatoms. The van der Waals surface area contributed by atoms with Crippen LogP contribution in [0.2, 0.25) is 0 Å². The molecule has 0 aliphatic rings. The molecule has 0 saturated carbocycles. The second-order valence-corrected chi connectivity index (χ2v) is 2.65. The fourth-order valence-electron chi connectivity index (χ4n) is 0.644. The van der Waals surface area contributed by atoms with E-state index in [0.29, 0.717) is 19.6 Å². The van der Waals surface area contributed by atoms with Crippen LogP contribution in [0.15, 0.2) is 12.7 Å². The van der Waals surface area contributed by atoms with Gasteiger partial charge in [0, 0.05) is 0 Å². The van der Waals surface area contributed by atoms with E-state index in [0.717, 1.165) is 0 Å². The van der Waals surface area contributed by atoms with E-state index >= 15 is 0 Å². The normalized spacial score (nSPS) is 9.92. The third-order valence-corrected chi connectivity index (χ3v) is 1.05. The van der Waals surface area contributed by atoms with Crippen LogP contribution in [0.3, 0.4) is 0 Å². The zero-order valence-corrected chi connectivity index (χ0v) is 7.71. The monoisotopic (exact) mass is 172 g/mol. The van der Waals surface area contributed by atoms with Crippen molar-refractivity contribution in [1.29, 1.82) is 0 Å². The molecule has 0 unspecified atom stereocenters. The fraction of sp³-hybridized carbons (Fsp3) is 0.667. The Labute approximate surface area is 73.4 Å². The van der Waals surface area contributed by atoms with Crippen molar-refractivity contribution in [3.8, 4) is 0 Å². The summed E-state index contributed by atoms with van der Waals surface area (Å²) in [7, 11) is 0. The van der Waals surface area contributed by atoms with Gasteiger partial charge in [0.05, 0.1) is 25.7 Å². The molecule has 0 saturated heterocycles. The molecule has 0 heterocycles. The first kappa shape index (κ1) is 11.2. The molecular formula is C9H16O3. The van der Waals surface area contributed by atoms with Crippen LogP contribution < -0.4 is 0 Å². The summed E-state index contributed by atoms with van der Waals surface area (Å²) in [6.07, 6.45) is 1.91. The highest BCUT2D eigenvalue weighted by atomic mass is 16.5. The van der Waals surface area contributed by atoms with Crippen molar-refractivity contribution < 1.29 is 14.3 Å². The third-order valence-electron chi connectivity index (χ3n) is 1.05. The number of ether oxygens (including phenoxy) is 2. The number of hydrogen-bond acceptors (Lipinski definition) is 3. The summed E-state index contributed by atoms with van der Waals surface area (Å²) in [6, 6.07) is 0. The summed E-state index contributed by atoms with van der Waals surface area (Å²) in [4.78, 5) is 10.9. The van der Waals surface area contributed by atoms with Gasteiger partial charge < -0.3 is 9.47 Å². The van der Waals surface area contributed by atoms with Crippen LogP contribution in [0.4, 0.5) is 0 Å². The maximum absolute atomic E-state index is 10.9. The molecule has 0 rings (SSSR count). The lowest BCUT2D eigenvalue weighted by atomic mass is 10.4. The van der Waals surface area contributed by atoms with E-state index in [1.54, 1.807) is 6.08 Å². The maximum Gasteiger partial charge on any atom is 0.308 e. The Balaban J connectivity index is 3.25. The van der Waals surface area contributed by atoms with Gasteiger partial charge in [0.1, 0.15) is 0 Å². The van der Waals surface area contributed by atoms with E-state index < -0.39 is 0 Å². The van der Waals surface area contributed by atoms with Crippen molar-refractivity contribution in [3.05, 3.63) is 12.7 Å². The summed E-state index contributed by atoms with van der Waals surface area (Å²) in [5.41, 5.74) is 0.